The molecule has 11 heteroatoms. The summed E-state index contributed by atoms with van der Waals surface area (Å²) in [7, 11) is 1.65. The van der Waals surface area contributed by atoms with Gasteiger partial charge in [-0.3, -0.25) is 4.98 Å². The number of nitrogens with zero attached hydrogens (tertiary/aromatic N) is 2. The molecule has 206 valence electrons. The fourth-order valence-electron chi connectivity index (χ4n) is 4.74. The predicted octanol–water partition coefficient (Wildman–Crippen LogP) is 3.82. The lowest BCUT2D eigenvalue weighted by atomic mass is 10.0. The molecule has 1 aliphatic rings. The van der Waals surface area contributed by atoms with Gasteiger partial charge in [-0.05, 0) is 80.0 Å². The van der Waals surface area contributed by atoms with Gasteiger partial charge in [0.15, 0.2) is 0 Å². The van der Waals surface area contributed by atoms with Crippen LogP contribution in [0.1, 0.15) is 30.2 Å². The highest BCUT2D eigenvalue weighted by Crippen LogP contribution is 2.28. The number of β-amino-alcohol motifs (C(OH)–C–C–N with tert-alkyl or cyclic N) is 1. The zero-order valence-electron chi connectivity index (χ0n) is 21.4. The van der Waals surface area contributed by atoms with Crippen LogP contribution in [0.3, 0.4) is 0 Å². The Bertz CT molecular complexity index is 1440. The molecule has 0 unspecified atom stereocenters. The number of aliphatic carboxylic acids is 2. The number of aliphatic hydroxyl groups excluding tert-OH is 1. The summed E-state index contributed by atoms with van der Waals surface area (Å²) in [5, 5.41) is 32.3. The Morgan fingerprint density at radius 1 is 1.13 bits per heavy atom. The fourth-order valence-corrected chi connectivity index (χ4v) is 4.92. The Labute approximate surface area is 230 Å². The molecule has 0 amide bonds. The lowest BCUT2D eigenvalue weighted by Crippen LogP contribution is -2.43. The highest BCUT2D eigenvalue weighted by molar-refractivity contribution is 6.31. The van der Waals surface area contributed by atoms with Crippen LogP contribution in [0.15, 0.2) is 54.7 Å². The highest BCUT2D eigenvalue weighted by Gasteiger charge is 2.22. The van der Waals surface area contributed by atoms with E-state index in [1.165, 1.54) is 5.69 Å². The number of rotatable bonds is 7. The van der Waals surface area contributed by atoms with E-state index < -0.39 is 18.0 Å². The maximum Gasteiger partial charge on any atom is 0.414 e. The number of halogens is 1. The molecule has 39 heavy (non-hydrogen) atoms. The van der Waals surface area contributed by atoms with Crippen LogP contribution >= 0.6 is 11.6 Å². The van der Waals surface area contributed by atoms with Gasteiger partial charge in [0.25, 0.3) is 0 Å². The SMILES string of the molecule is COc1ccc2nccc([C@@H](O)CN3CCC(NCc4cc5cc(Cl)ccc5[nH]4)CC3)c2c1.O=C(O)C(=O)O. The predicted molar refractivity (Wildman–Crippen MR) is 148 cm³/mol. The van der Waals surface area contributed by atoms with E-state index in [1.54, 1.807) is 13.3 Å². The maximum absolute atomic E-state index is 11.0. The number of methoxy groups -OCH3 is 1. The number of aromatic amines is 1. The molecule has 1 atom stereocenters. The number of ether oxygens (including phenoxy) is 1. The minimum Gasteiger partial charge on any atom is -0.497 e. The summed E-state index contributed by atoms with van der Waals surface area (Å²) < 4.78 is 5.36. The summed E-state index contributed by atoms with van der Waals surface area (Å²) in [6.07, 6.45) is 3.32. The minimum absolute atomic E-state index is 0.472. The largest absolute Gasteiger partial charge is 0.497 e. The molecule has 1 saturated heterocycles. The number of aromatic nitrogens is 2. The molecule has 10 nitrogen and oxygen atoms in total. The Morgan fingerprint density at radius 2 is 1.87 bits per heavy atom. The van der Waals surface area contributed by atoms with Crippen LogP contribution in [0.4, 0.5) is 0 Å². The summed E-state index contributed by atoms with van der Waals surface area (Å²) in [6, 6.07) is 16.2. The quantitative estimate of drug-likeness (QED) is 0.215. The molecule has 4 aromatic rings. The molecule has 2 aromatic carbocycles. The number of aliphatic hydroxyl groups is 1. The van der Waals surface area contributed by atoms with Crippen molar-refractivity contribution < 1.29 is 29.6 Å². The van der Waals surface area contributed by atoms with Gasteiger partial charge in [-0.2, -0.15) is 0 Å². The molecule has 5 N–H and O–H groups in total. The number of benzene rings is 2. The standard InChI is InChI=1S/C26H29ClN4O2.C2H2O4/c1-33-21-3-5-25-23(14-21)22(6-9-28-25)26(32)16-31-10-7-19(8-11-31)29-15-20-13-17-12-18(27)2-4-24(17)30-20;3-1(4)2(5)6/h2-6,9,12-14,19,26,29-30,32H,7-8,10-11,15-16H2,1H3;(H,3,4)(H,5,6)/t26-;/m0./s1. The Kier molecular flexibility index (Phi) is 9.36. The molecule has 0 aliphatic carbocycles. The van der Waals surface area contributed by atoms with Gasteiger partial charge in [-0.25, -0.2) is 9.59 Å². The first-order chi connectivity index (χ1) is 18.7. The summed E-state index contributed by atoms with van der Waals surface area (Å²) in [6.45, 7) is 3.35. The van der Waals surface area contributed by atoms with Crippen molar-refractivity contribution in [2.45, 2.75) is 31.5 Å². The maximum atomic E-state index is 11.0. The number of nitrogens with one attached hydrogen (secondary N) is 2. The summed E-state index contributed by atoms with van der Waals surface area (Å²) in [4.78, 5) is 28.4. The van der Waals surface area contributed by atoms with E-state index in [0.717, 1.165) is 70.6 Å². The van der Waals surface area contributed by atoms with E-state index in [1.807, 2.05) is 42.5 Å². The van der Waals surface area contributed by atoms with Crippen molar-refractivity contribution >= 4 is 45.3 Å². The molecule has 0 spiro atoms. The van der Waals surface area contributed by atoms with E-state index in [-0.39, 0.29) is 0 Å². The lowest BCUT2D eigenvalue weighted by molar-refractivity contribution is -0.159. The number of carboxylic acid groups (broad SMARTS) is 2. The van der Waals surface area contributed by atoms with Crippen LogP contribution in [-0.4, -0.2) is 74.9 Å². The second-order valence-corrected chi connectivity index (χ2v) is 9.83. The molecule has 0 radical (unpaired) electrons. The van der Waals surface area contributed by atoms with Gasteiger partial charge in [0, 0.05) is 52.3 Å². The van der Waals surface area contributed by atoms with Crippen molar-refractivity contribution in [3.63, 3.8) is 0 Å². The number of hydrogen-bond acceptors (Lipinski definition) is 7. The zero-order chi connectivity index (χ0) is 27.9. The second-order valence-electron chi connectivity index (χ2n) is 9.39. The second kappa shape index (κ2) is 12.9. The number of piperidine rings is 1. The molecule has 5 rings (SSSR count). The number of pyridine rings is 1. The minimum atomic E-state index is -1.82. The third-order valence-corrected chi connectivity index (χ3v) is 7.00. The first-order valence-corrected chi connectivity index (χ1v) is 12.9. The van der Waals surface area contributed by atoms with Crippen LogP contribution < -0.4 is 10.1 Å². The van der Waals surface area contributed by atoms with Crippen molar-refractivity contribution in [3.05, 3.63) is 71.0 Å². The normalized spacial score (nSPS) is 15.1. The van der Waals surface area contributed by atoms with Gasteiger partial charge in [-0.1, -0.05) is 11.6 Å². The van der Waals surface area contributed by atoms with E-state index >= 15 is 0 Å². The number of fused-ring (bicyclic) bond motifs is 2. The molecule has 1 aliphatic heterocycles. The molecule has 0 bridgehead atoms. The van der Waals surface area contributed by atoms with Crippen LogP contribution in [0.2, 0.25) is 5.02 Å². The number of hydrogen-bond donors (Lipinski definition) is 5. The van der Waals surface area contributed by atoms with E-state index in [2.05, 4.69) is 26.3 Å². The van der Waals surface area contributed by atoms with Crippen molar-refractivity contribution in [2.24, 2.45) is 0 Å². The average Bonchev–Trinajstić information content (AvgIpc) is 3.34. The van der Waals surface area contributed by atoms with Crippen molar-refractivity contribution in [3.8, 4) is 5.75 Å². The van der Waals surface area contributed by atoms with Gasteiger partial charge >= 0.3 is 11.9 Å². The van der Waals surface area contributed by atoms with E-state index in [9.17, 15) is 5.11 Å². The molecular formula is C28H31ClN4O6. The number of carboxylic acids is 2. The zero-order valence-corrected chi connectivity index (χ0v) is 22.2. The molecule has 2 aromatic heterocycles. The summed E-state index contributed by atoms with van der Waals surface area (Å²) in [5.74, 6) is -2.88. The smallest absolute Gasteiger partial charge is 0.414 e. The Hall–Kier alpha value is -3.70. The molecular weight excluding hydrogens is 524 g/mol. The van der Waals surface area contributed by atoms with Gasteiger partial charge in [-0.15, -0.1) is 0 Å². The van der Waals surface area contributed by atoms with Crippen LogP contribution in [0.5, 0.6) is 5.75 Å². The van der Waals surface area contributed by atoms with Crippen LogP contribution in [0.25, 0.3) is 21.8 Å². The van der Waals surface area contributed by atoms with E-state index in [4.69, 9.17) is 36.1 Å². The molecule has 3 heterocycles. The Morgan fingerprint density at radius 3 is 2.56 bits per heavy atom. The fraction of sp³-hybridized carbons (Fsp3) is 0.321. The van der Waals surface area contributed by atoms with Gasteiger partial charge in [0.05, 0.1) is 18.7 Å². The van der Waals surface area contributed by atoms with E-state index in [0.29, 0.717) is 12.6 Å². The average molecular weight is 555 g/mol. The summed E-state index contributed by atoms with van der Waals surface area (Å²) in [5.41, 5.74) is 4.05. The third-order valence-electron chi connectivity index (χ3n) is 6.76. The molecule has 0 saturated carbocycles. The van der Waals surface area contributed by atoms with Crippen LogP contribution in [-0.2, 0) is 16.1 Å². The van der Waals surface area contributed by atoms with Gasteiger partial charge in [0.2, 0.25) is 0 Å². The van der Waals surface area contributed by atoms with Crippen molar-refractivity contribution in [1.82, 2.24) is 20.2 Å². The monoisotopic (exact) mass is 554 g/mol. The third kappa shape index (κ3) is 7.45. The number of carbonyl (C=O) groups is 2. The highest BCUT2D eigenvalue weighted by atomic mass is 35.5. The first kappa shape index (κ1) is 28.3. The molecule has 1 fully saturated rings. The topological polar surface area (TPSA) is 148 Å². The summed E-state index contributed by atoms with van der Waals surface area (Å²) >= 11 is 6.10. The number of likely N-dealkylation sites (tertiary alicyclic amines) is 1. The van der Waals surface area contributed by atoms with Crippen LogP contribution in [0, 0.1) is 0 Å². The van der Waals surface area contributed by atoms with Crippen molar-refractivity contribution in [1.29, 1.82) is 0 Å². The first-order valence-electron chi connectivity index (χ1n) is 12.5. The lowest BCUT2D eigenvalue weighted by Gasteiger charge is -2.33. The van der Waals surface area contributed by atoms with Gasteiger partial charge < -0.3 is 35.3 Å². The number of H-pyrrole nitrogens is 1. The van der Waals surface area contributed by atoms with Crippen molar-refractivity contribution in [2.75, 3.05) is 26.7 Å². The Balaban J connectivity index is 0.000000531. The van der Waals surface area contributed by atoms with Gasteiger partial charge in [0.1, 0.15) is 5.75 Å².